The van der Waals surface area contributed by atoms with E-state index in [4.69, 9.17) is 18.6 Å². The molecular formula is C33H35NO6. The number of rotatable bonds is 10. The third kappa shape index (κ3) is 5.28. The molecule has 1 atom stereocenters. The van der Waals surface area contributed by atoms with Gasteiger partial charge in [-0.1, -0.05) is 43.7 Å². The van der Waals surface area contributed by atoms with Gasteiger partial charge in [-0.05, 0) is 73.2 Å². The maximum Gasteiger partial charge on any atom is 0.290 e. The highest BCUT2D eigenvalue weighted by molar-refractivity contribution is 5.99. The van der Waals surface area contributed by atoms with E-state index >= 15 is 0 Å². The van der Waals surface area contributed by atoms with Gasteiger partial charge >= 0.3 is 0 Å². The van der Waals surface area contributed by atoms with Crippen molar-refractivity contribution in [3.63, 3.8) is 0 Å². The van der Waals surface area contributed by atoms with E-state index in [1.807, 2.05) is 61.5 Å². The summed E-state index contributed by atoms with van der Waals surface area (Å²) in [5.41, 5.74) is 3.32. The molecule has 0 aliphatic carbocycles. The number of carbonyl (C=O) groups excluding carboxylic acids is 1. The van der Waals surface area contributed by atoms with Gasteiger partial charge in [0.05, 0.1) is 37.8 Å². The van der Waals surface area contributed by atoms with Crippen molar-refractivity contribution in [2.24, 2.45) is 5.92 Å². The van der Waals surface area contributed by atoms with Gasteiger partial charge in [-0.2, -0.15) is 0 Å². The lowest BCUT2D eigenvalue weighted by Gasteiger charge is -2.26. The molecule has 2 heterocycles. The van der Waals surface area contributed by atoms with Gasteiger partial charge in [-0.25, -0.2) is 0 Å². The van der Waals surface area contributed by atoms with Crippen molar-refractivity contribution >= 4 is 16.9 Å². The van der Waals surface area contributed by atoms with Gasteiger partial charge in [-0.15, -0.1) is 0 Å². The first-order valence-electron chi connectivity index (χ1n) is 13.6. The van der Waals surface area contributed by atoms with E-state index < -0.39 is 6.04 Å². The Morgan fingerprint density at radius 1 is 0.925 bits per heavy atom. The number of carbonyl (C=O) groups is 1. The standard InChI is InChI=1S/C33H35NO6/c1-20(2)15-17-39-27-13-9-23(19-28(27)38-5)30-29-31(35)25-18-21(3)6-12-26(25)40-32(29)33(36)34(30)16-14-22-7-10-24(37-4)11-8-22/h6-13,18-20,30H,14-17H2,1-5H3. The van der Waals surface area contributed by atoms with Crippen LogP contribution in [-0.2, 0) is 6.42 Å². The lowest BCUT2D eigenvalue weighted by molar-refractivity contribution is 0.0730. The molecule has 0 saturated heterocycles. The summed E-state index contributed by atoms with van der Waals surface area (Å²) >= 11 is 0. The summed E-state index contributed by atoms with van der Waals surface area (Å²) in [6, 6.07) is 18.2. The second kappa shape index (κ2) is 11.5. The summed E-state index contributed by atoms with van der Waals surface area (Å²) in [4.78, 5) is 29.4. The number of fused-ring (bicyclic) bond motifs is 2. The van der Waals surface area contributed by atoms with E-state index in [2.05, 4.69) is 13.8 Å². The van der Waals surface area contributed by atoms with Crippen LogP contribution < -0.4 is 19.6 Å². The zero-order valence-corrected chi connectivity index (χ0v) is 23.7. The summed E-state index contributed by atoms with van der Waals surface area (Å²) in [6.07, 6.45) is 1.52. The third-order valence-corrected chi connectivity index (χ3v) is 7.38. The molecule has 208 valence electrons. The van der Waals surface area contributed by atoms with Crippen LogP contribution in [0.25, 0.3) is 11.0 Å². The Bertz CT molecular complexity index is 1590. The van der Waals surface area contributed by atoms with Crippen LogP contribution in [0.5, 0.6) is 17.2 Å². The Kier molecular flexibility index (Phi) is 7.83. The summed E-state index contributed by atoms with van der Waals surface area (Å²) < 4.78 is 23.1. The molecule has 0 radical (unpaired) electrons. The number of methoxy groups -OCH3 is 2. The molecule has 0 bridgehead atoms. The molecule has 7 nitrogen and oxygen atoms in total. The molecule has 1 unspecified atom stereocenters. The monoisotopic (exact) mass is 541 g/mol. The molecule has 5 rings (SSSR count). The smallest absolute Gasteiger partial charge is 0.290 e. The molecule has 0 N–H and O–H groups in total. The number of amides is 1. The Hall–Kier alpha value is -4.26. The number of benzene rings is 3. The minimum atomic E-state index is -0.625. The van der Waals surface area contributed by atoms with Gasteiger partial charge in [0.25, 0.3) is 5.91 Å². The predicted molar refractivity (Wildman–Crippen MR) is 155 cm³/mol. The summed E-state index contributed by atoms with van der Waals surface area (Å²) in [7, 11) is 3.22. The predicted octanol–water partition coefficient (Wildman–Crippen LogP) is 6.33. The number of aryl methyl sites for hydroxylation is 1. The van der Waals surface area contributed by atoms with Gasteiger partial charge < -0.3 is 23.5 Å². The van der Waals surface area contributed by atoms with E-state index in [1.165, 1.54) is 0 Å². The number of hydrogen-bond donors (Lipinski definition) is 0. The van der Waals surface area contributed by atoms with Crippen molar-refractivity contribution in [2.75, 3.05) is 27.4 Å². The molecule has 1 aromatic heterocycles. The summed E-state index contributed by atoms with van der Waals surface area (Å²) in [5, 5.41) is 0.467. The molecule has 1 aliphatic rings. The van der Waals surface area contributed by atoms with Crippen LogP contribution in [-0.4, -0.2) is 38.2 Å². The maximum atomic E-state index is 13.9. The molecule has 4 aromatic rings. The highest BCUT2D eigenvalue weighted by Crippen LogP contribution is 2.41. The summed E-state index contributed by atoms with van der Waals surface area (Å²) in [6.45, 7) is 7.19. The van der Waals surface area contributed by atoms with Crippen LogP contribution in [0.1, 0.15) is 59.1 Å². The van der Waals surface area contributed by atoms with Crippen molar-refractivity contribution in [1.82, 2.24) is 4.90 Å². The number of hydrogen-bond acceptors (Lipinski definition) is 6. The van der Waals surface area contributed by atoms with E-state index in [-0.39, 0.29) is 17.1 Å². The van der Waals surface area contributed by atoms with Crippen LogP contribution in [0.4, 0.5) is 0 Å². The van der Waals surface area contributed by atoms with Crippen LogP contribution in [0, 0.1) is 12.8 Å². The van der Waals surface area contributed by atoms with Gasteiger partial charge in [0.2, 0.25) is 5.76 Å². The van der Waals surface area contributed by atoms with Crippen molar-refractivity contribution in [3.05, 3.63) is 98.9 Å². The SMILES string of the molecule is COc1ccc(CCN2C(=O)c3oc4ccc(C)cc4c(=O)c3C2c2ccc(OCCC(C)C)c(OC)c2)cc1. The largest absolute Gasteiger partial charge is 0.497 e. The normalized spacial score (nSPS) is 14.6. The van der Waals surface area contributed by atoms with Gasteiger partial charge in [-0.3, -0.25) is 9.59 Å². The fourth-order valence-electron chi connectivity index (χ4n) is 5.13. The molecule has 0 saturated carbocycles. The van der Waals surface area contributed by atoms with Gasteiger partial charge in [0.1, 0.15) is 11.3 Å². The molecule has 40 heavy (non-hydrogen) atoms. The highest BCUT2D eigenvalue weighted by atomic mass is 16.5. The fourth-order valence-corrected chi connectivity index (χ4v) is 5.13. The van der Waals surface area contributed by atoms with Gasteiger partial charge in [0, 0.05) is 6.54 Å². The zero-order chi connectivity index (χ0) is 28.4. The number of ether oxygens (including phenoxy) is 3. The molecule has 0 fully saturated rings. The molecule has 1 aliphatic heterocycles. The van der Waals surface area contributed by atoms with E-state index in [9.17, 15) is 9.59 Å². The lowest BCUT2D eigenvalue weighted by Crippen LogP contribution is -2.31. The summed E-state index contributed by atoms with van der Waals surface area (Å²) in [5.74, 6) is 2.26. The first-order chi connectivity index (χ1) is 19.3. The lowest BCUT2D eigenvalue weighted by atomic mass is 9.97. The second-order valence-electron chi connectivity index (χ2n) is 10.6. The Balaban J connectivity index is 1.57. The van der Waals surface area contributed by atoms with Crippen LogP contribution in [0.15, 0.2) is 69.9 Å². The molecule has 7 heteroatoms. The van der Waals surface area contributed by atoms with Crippen molar-refractivity contribution < 1.29 is 23.4 Å². The maximum absolute atomic E-state index is 13.9. The van der Waals surface area contributed by atoms with Crippen molar-refractivity contribution in [3.8, 4) is 17.2 Å². The highest BCUT2D eigenvalue weighted by Gasteiger charge is 2.42. The Labute approximate surface area is 234 Å². The van der Waals surface area contributed by atoms with Crippen molar-refractivity contribution in [2.45, 2.75) is 39.7 Å². The minimum absolute atomic E-state index is 0.0947. The third-order valence-electron chi connectivity index (χ3n) is 7.38. The van der Waals surface area contributed by atoms with Crippen LogP contribution >= 0.6 is 0 Å². The van der Waals surface area contributed by atoms with Crippen LogP contribution in [0.3, 0.4) is 0 Å². The topological polar surface area (TPSA) is 78.2 Å². The van der Waals surface area contributed by atoms with E-state index in [0.29, 0.717) is 53.5 Å². The average molecular weight is 542 g/mol. The van der Waals surface area contributed by atoms with Crippen LogP contribution in [0.2, 0.25) is 0 Å². The first-order valence-corrected chi connectivity index (χ1v) is 13.6. The quantitative estimate of drug-likeness (QED) is 0.233. The average Bonchev–Trinajstić information content (AvgIpc) is 3.23. The molecule has 1 amide bonds. The van der Waals surface area contributed by atoms with Crippen molar-refractivity contribution in [1.29, 1.82) is 0 Å². The fraction of sp³-hybridized carbons (Fsp3) is 0.333. The van der Waals surface area contributed by atoms with E-state index in [1.54, 1.807) is 25.2 Å². The first kappa shape index (κ1) is 27.3. The Morgan fingerprint density at radius 2 is 1.70 bits per heavy atom. The minimum Gasteiger partial charge on any atom is -0.497 e. The molecule has 3 aromatic carbocycles. The molecule has 0 spiro atoms. The Morgan fingerprint density at radius 3 is 2.40 bits per heavy atom. The number of nitrogens with zero attached hydrogens (tertiary/aromatic N) is 1. The second-order valence-corrected chi connectivity index (χ2v) is 10.6. The van der Waals surface area contributed by atoms with Gasteiger partial charge in [0.15, 0.2) is 16.9 Å². The molecular weight excluding hydrogens is 506 g/mol. The van der Waals surface area contributed by atoms with E-state index in [0.717, 1.165) is 28.9 Å². The zero-order valence-electron chi connectivity index (χ0n) is 23.7.